The molecule has 1 rings (SSSR count). The van der Waals surface area contributed by atoms with Gasteiger partial charge in [0.1, 0.15) is 6.10 Å². The second kappa shape index (κ2) is 3.55. The van der Waals surface area contributed by atoms with E-state index in [1.165, 1.54) is 0 Å². The Morgan fingerprint density at radius 2 is 2.36 bits per heavy atom. The number of aliphatic hydroxyl groups excluding tert-OH is 1. The van der Waals surface area contributed by atoms with E-state index in [9.17, 15) is 5.11 Å². The molecule has 0 bridgehead atoms. The zero-order valence-corrected chi connectivity index (χ0v) is 6.74. The highest BCUT2D eigenvalue weighted by molar-refractivity contribution is 5.07. The van der Waals surface area contributed by atoms with Crippen molar-refractivity contribution < 1.29 is 9.84 Å². The maximum absolute atomic E-state index is 9.52. The van der Waals surface area contributed by atoms with Gasteiger partial charge in [0.05, 0.1) is 6.10 Å². The van der Waals surface area contributed by atoms with Gasteiger partial charge in [-0.1, -0.05) is 0 Å². The third kappa shape index (κ3) is 1.82. The Labute approximate surface area is 66.0 Å². The largest absolute Gasteiger partial charge is 0.384 e. The standard InChI is InChI=1S/C8H13NO2/c1-6(11-2)8(10)7-4-3-5-9-7/h3-6,8-10H,1-2H3. The van der Waals surface area contributed by atoms with Crippen LogP contribution in [-0.2, 0) is 4.74 Å². The smallest absolute Gasteiger partial charge is 0.119 e. The van der Waals surface area contributed by atoms with Gasteiger partial charge < -0.3 is 14.8 Å². The average molecular weight is 155 g/mol. The van der Waals surface area contributed by atoms with E-state index in [0.29, 0.717) is 0 Å². The summed E-state index contributed by atoms with van der Waals surface area (Å²) in [5, 5.41) is 9.52. The van der Waals surface area contributed by atoms with Crippen molar-refractivity contribution in [3.05, 3.63) is 24.0 Å². The van der Waals surface area contributed by atoms with Crippen molar-refractivity contribution in [1.82, 2.24) is 4.98 Å². The molecule has 1 aromatic rings. The summed E-state index contributed by atoms with van der Waals surface area (Å²) in [6.45, 7) is 1.82. The van der Waals surface area contributed by atoms with Gasteiger partial charge in [-0.3, -0.25) is 0 Å². The minimum Gasteiger partial charge on any atom is -0.384 e. The van der Waals surface area contributed by atoms with Crippen LogP contribution in [0.1, 0.15) is 18.7 Å². The molecule has 0 aliphatic carbocycles. The summed E-state index contributed by atoms with van der Waals surface area (Å²) in [5.74, 6) is 0. The fourth-order valence-corrected chi connectivity index (χ4v) is 0.910. The van der Waals surface area contributed by atoms with E-state index in [1.807, 2.05) is 19.1 Å². The molecule has 62 valence electrons. The Balaban J connectivity index is 2.62. The van der Waals surface area contributed by atoms with Crippen LogP contribution in [-0.4, -0.2) is 23.3 Å². The second-order valence-electron chi connectivity index (χ2n) is 2.51. The van der Waals surface area contributed by atoms with Crippen molar-refractivity contribution in [3.63, 3.8) is 0 Å². The van der Waals surface area contributed by atoms with E-state index < -0.39 is 6.10 Å². The van der Waals surface area contributed by atoms with Crippen molar-refractivity contribution in [2.75, 3.05) is 7.11 Å². The van der Waals surface area contributed by atoms with Gasteiger partial charge in [-0.15, -0.1) is 0 Å². The summed E-state index contributed by atoms with van der Waals surface area (Å²) >= 11 is 0. The van der Waals surface area contributed by atoms with Gasteiger partial charge >= 0.3 is 0 Å². The topological polar surface area (TPSA) is 45.2 Å². The highest BCUT2D eigenvalue weighted by atomic mass is 16.5. The number of methoxy groups -OCH3 is 1. The Bertz CT molecular complexity index is 196. The average Bonchev–Trinajstić information content (AvgIpc) is 2.53. The van der Waals surface area contributed by atoms with Crippen LogP contribution in [0.3, 0.4) is 0 Å². The van der Waals surface area contributed by atoms with Crippen molar-refractivity contribution in [2.24, 2.45) is 0 Å². The van der Waals surface area contributed by atoms with E-state index >= 15 is 0 Å². The third-order valence-electron chi connectivity index (χ3n) is 1.76. The molecule has 1 aromatic heterocycles. The highest BCUT2D eigenvalue weighted by Gasteiger charge is 2.15. The first-order chi connectivity index (χ1) is 5.25. The third-order valence-corrected chi connectivity index (χ3v) is 1.76. The predicted molar refractivity (Wildman–Crippen MR) is 42.2 cm³/mol. The molecule has 0 saturated heterocycles. The number of nitrogens with one attached hydrogen (secondary N) is 1. The molecule has 0 aliphatic rings. The summed E-state index contributed by atoms with van der Waals surface area (Å²) in [6.07, 6.45) is 1.05. The van der Waals surface area contributed by atoms with E-state index in [0.717, 1.165) is 5.69 Å². The van der Waals surface area contributed by atoms with Gasteiger partial charge in [-0.05, 0) is 19.1 Å². The lowest BCUT2D eigenvalue weighted by Crippen LogP contribution is -2.16. The summed E-state index contributed by atoms with van der Waals surface area (Å²) in [5.41, 5.74) is 0.791. The lowest BCUT2D eigenvalue weighted by molar-refractivity contribution is -0.00333. The number of aromatic amines is 1. The normalized spacial score (nSPS) is 16.3. The fourth-order valence-electron chi connectivity index (χ4n) is 0.910. The SMILES string of the molecule is COC(C)C(O)c1ccc[nH]1. The van der Waals surface area contributed by atoms with E-state index in [4.69, 9.17) is 4.74 Å². The summed E-state index contributed by atoms with van der Waals surface area (Å²) in [4.78, 5) is 2.92. The fraction of sp³-hybridized carbons (Fsp3) is 0.500. The van der Waals surface area contributed by atoms with Crippen LogP contribution >= 0.6 is 0 Å². The quantitative estimate of drug-likeness (QED) is 0.686. The number of aromatic nitrogens is 1. The summed E-state index contributed by atoms with van der Waals surface area (Å²) in [6, 6.07) is 3.68. The second-order valence-corrected chi connectivity index (χ2v) is 2.51. The molecule has 2 N–H and O–H groups in total. The maximum Gasteiger partial charge on any atom is 0.119 e. The molecular weight excluding hydrogens is 142 g/mol. The van der Waals surface area contributed by atoms with Gasteiger partial charge in [-0.25, -0.2) is 0 Å². The van der Waals surface area contributed by atoms with Gasteiger partial charge in [0.2, 0.25) is 0 Å². The molecule has 3 nitrogen and oxygen atoms in total. The number of hydrogen-bond donors (Lipinski definition) is 2. The zero-order valence-electron chi connectivity index (χ0n) is 6.74. The lowest BCUT2D eigenvalue weighted by Gasteiger charge is -2.15. The van der Waals surface area contributed by atoms with Gasteiger partial charge in [0.15, 0.2) is 0 Å². The Morgan fingerprint density at radius 3 is 2.82 bits per heavy atom. The van der Waals surface area contributed by atoms with E-state index in [2.05, 4.69) is 4.98 Å². The van der Waals surface area contributed by atoms with Crippen LogP contribution in [0.4, 0.5) is 0 Å². The molecule has 11 heavy (non-hydrogen) atoms. The molecule has 0 fully saturated rings. The van der Waals surface area contributed by atoms with Crippen LogP contribution < -0.4 is 0 Å². The van der Waals surface area contributed by atoms with Crippen LogP contribution in [0.5, 0.6) is 0 Å². The number of ether oxygens (including phenoxy) is 1. The number of aliphatic hydroxyl groups is 1. The molecule has 0 spiro atoms. The molecule has 0 amide bonds. The van der Waals surface area contributed by atoms with Gasteiger partial charge in [-0.2, -0.15) is 0 Å². The number of H-pyrrole nitrogens is 1. The molecule has 2 atom stereocenters. The number of hydrogen-bond acceptors (Lipinski definition) is 2. The predicted octanol–water partition coefficient (Wildman–Crippen LogP) is 1.08. The minimum atomic E-state index is -0.560. The zero-order chi connectivity index (χ0) is 8.27. The first kappa shape index (κ1) is 8.30. The van der Waals surface area contributed by atoms with Crippen LogP contribution in [0.2, 0.25) is 0 Å². The van der Waals surface area contributed by atoms with Crippen LogP contribution in [0.15, 0.2) is 18.3 Å². The minimum absolute atomic E-state index is 0.173. The number of rotatable bonds is 3. The Kier molecular flexibility index (Phi) is 2.68. The molecule has 0 saturated carbocycles. The molecule has 3 heteroatoms. The van der Waals surface area contributed by atoms with Crippen molar-refractivity contribution >= 4 is 0 Å². The monoisotopic (exact) mass is 155 g/mol. The molecule has 0 aliphatic heterocycles. The molecule has 0 radical (unpaired) electrons. The lowest BCUT2D eigenvalue weighted by atomic mass is 10.2. The first-order valence-corrected chi connectivity index (χ1v) is 3.60. The molecule has 1 heterocycles. The first-order valence-electron chi connectivity index (χ1n) is 3.60. The van der Waals surface area contributed by atoms with Gasteiger partial charge in [0, 0.05) is 19.0 Å². The Morgan fingerprint density at radius 1 is 1.64 bits per heavy atom. The van der Waals surface area contributed by atoms with E-state index in [1.54, 1.807) is 13.3 Å². The van der Waals surface area contributed by atoms with Crippen molar-refractivity contribution in [2.45, 2.75) is 19.1 Å². The maximum atomic E-state index is 9.52. The van der Waals surface area contributed by atoms with Crippen LogP contribution in [0, 0.1) is 0 Å². The molecule has 0 aromatic carbocycles. The van der Waals surface area contributed by atoms with E-state index in [-0.39, 0.29) is 6.10 Å². The summed E-state index contributed by atoms with van der Waals surface area (Å²) < 4.78 is 4.97. The van der Waals surface area contributed by atoms with Crippen LogP contribution in [0.25, 0.3) is 0 Å². The molecular formula is C8H13NO2. The summed E-state index contributed by atoms with van der Waals surface area (Å²) in [7, 11) is 1.58. The Hall–Kier alpha value is -0.800. The highest BCUT2D eigenvalue weighted by Crippen LogP contribution is 2.15. The van der Waals surface area contributed by atoms with Crippen molar-refractivity contribution in [3.8, 4) is 0 Å². The van der Waals surface area contributed by atoms with Gasteiger partial charge in [0.25, 0.3) is 0 Å². The van der Waals surface area contributed by atoms with Crippen molar-refractivity contribution in [1.29, 1.82) is 0 Å². The molecule has 2 unspecified atom stereocenters.